The van der Waals surface area contributed by atoms with Crippen LogP contribution < -0.4 is 0 Å². The Bertz CT molecular complexity index is 882. The Morgan fingerprint density at radius 1 is 0.967 bits per heavy atom. The Morgan fingerprint density at radius 2 is 1.53 bits per heavy atom. The van der Waals surface area contributed by atoms with Crippen molar-refractivity contribution in [1.29, 1.82) is 0 Å². The van der Waals surface area contributed by atoms with Crippen LogP contribution in [-0.2, 0) is 22.4 Å². The second-order valence-electron chi connectivity index (χ2n) is 8.26. The summed E-state index contributed by atoms with van der Waals surface area (Å²) in [5, 5.41) is 0. The van der Waals surface area contributed by atoms with Crippen LogP contribution in [-0.4, -0.2) is 22.8 Å². The maximum atomic E-state index is 12.8. The fourth-order valence-electron chi connectivity index (χ4n) is 4.50. The lowest BCUT2D eigenvalue weighted by atomic mass is 9.83. The van der Waals surface area contributed by atoms with Crippen LogP contribution >= 0.6 is 0 Å². The van der Waals surface area contributed by atoms with Crippen molar-refractivity contribution in [3.8, 4) is 0 Å². The SMILES string of the molecule is C=C1C(OC2CCCC2)=CC=CN1C(C=O)(Cc1ccccc1)Cc1ccccc1. The van der Waals surface area contributed by atoms with Crippen molar-refractivity contribution in [3.05, 3.63) is 108 Å². The molecule has 3 nitrogen and oxygen atoms in total. The standard InChI is InChI=1S/C27H29NO2/c1-22-26(30-25-15-8-9-16-25)17-10-18-28(22)27(21-29,19-23-11-4-2-5-12-23)20-24-13-6-3-7-14-24/h2-7,10-14,17-18,21,25H,1,8-9,15-16,19-20H2. The third kappa shape index (κ3) is 4.40. The van der Waals surface area contributed by atoms with Gasteiger partial charge in [0.2, 0.25) is 0 Å². The van der Waals surface area contributed by atoms with Crippen LogP contribution in [0.1, 0.15) is 36.8 Å². The topological polar surface area (TPSA) is 29.5 Å². The first-order valence-electron chi connectivity index (χ1n) is 10.8. The number of nitrogens with zero attached hydrogens (tertiary/aromatic N) is 1. The second kappa shape index (κ2) is 9.17. The molecule has 2 aromatic carbocycles. The van der Waals surface area contributed by atoms with Crippen molar-refractivity contribution in [2.24, 2.45) is 0 Å². The Morgan fingerprint density at radius 3 is 2.07 bits per heavy atom. The first-order chi connectivity index (χ1) is 14.7. The van der Waals surface area contributed by atoms with Crippen molar-refractivity contribution in [3.63, 3.8) is 0 Å². The van der Waals surface area contributed by atoms with Crippen molar-refractivity contribution in [1.82, 2.24) is 4.90 Å². The summed E-state index contributed by atoms with van der Waals surface area (Å²) >= 11 is 0. The Labute approximate surface area is 179 Å². The molecule has 0 radical (unpaired) electrons. The summed E-state index contributed by atoms with van der Waals surface area (Å²) in [7, 11) is 0. The molecule has 0 bridgehead atoms. The van der Waals surface area contributed by atoms with Crippen molar-refractivity contribution in [2.75, 3.05) is 0 Å². The summed E-state index contributed by atoms with van der Waals surface area (Å²) in [5.74, 6) is 0.775. The fourth-order valence-corrected chi connectivity index (χ4v) is 4.50. The molecule has 0 aromatic heterocycles. The van der Waals surface area contributed by atoms with Crippen molar-refractivity contribution < 1.29 is 9.53 Å². The summed E-state index contributed by atoms with van der Waals surface area (Å²) in [4.78, 5) is 14.8. The van der Waals surface area contributed by atoms with E-state index in [1.807, 2.05) is 59.7 Å². The minimum absolute atomic E-state index is 0.246. The van der Waals surface area contributed by atoms with Crippen LogP contribution in [0.25, 0.3) is 0 Å². The molecular weight excluding hydrogens is 370 g/mol. The summed E-state index contributed by atoms with van der Waals surface area (Å²) in [6.07, 6.45) is 13.0. The molecule has 0 unspecified atom stereocenters. The third-order valence-corrected chi connectivity index (χ3v) is 6.06. The number of benzene rings is 2. The molecule has 0 saturated heterocycles. The first-order valence-corrected chi connectivity index (χ1v) is 10.8. The highest BCUT2D eigenvalue weighted by Crippen LogP contribution is 2.35. The molecule has 154 valence electrons. The van der Waals surface area contributed by atoms with E-state index < -0.39 is 5.54 Å². The van der Waals surface area contributed by atoms with E-state index in [1.165, 1.54) is 12.8 Å². The minimum Gasteiger partial charge on any atom is -0.488 e. The maximum absolute atomic E-state index is 12.8. The first kappa shape index (κ1) is 20.2. The van der Waals surface area contributed by atoms with Gasteiger partial charge < -0.3 is 14.4 Å². The number of allylic oxidation sites excluding steroid dienone is 2. The fraction of sp³-hybridized carbons (Fsp3) is 0.296. The van der Waals surface area contributed by atoms with Crippen LogP contribution in [0.3, 0.4) is 0 Å². The van der Waals surface area contributed by atoms with Crippen LogP contribution in [0, 0.1) is 0 Å². The van der Waals surface area contributed by atoms with Crippen LogP contribution in [0.15, 0.2) is 97.1 Å². The van der Waals surface area contributed by atoms with Gasteiger partial charge in [-0.2, -0.15) is 0 Å². The van der Waals surface area contributed by atoms with Crippen molar-refractivity contribution in [2.45, 2.75) is 50.2 Å². The molecule has 3 heteroatoms. The van der Waals surface area contributed by atoms with E-state index in [2.05, 4.69) is 30.8 Å². The lowest BCUT2D eigenvalue weighted by molar-refractivity contribution is -0.116. The Kier molecular flexibility index (Phi) is 6.18. The maximum Gasteiger partial charge on any atom is 0.146 e. The van der Waals surface area contributed by atoms with E-state index in [-0.39, 0.29) is 6.10 Å². The van der Waals surface area contributed by atoms with Gasteiger partial charge in [-0.05, 0) is 49.0 Å². The summed E-state index contributed by atoms with van der Waals surface area (Å²) in [5.41, 5.74) is 2.21. The van der Waals surface area contributed by atoms with Gasteiger partial charge in [0.25, 0.3) is 0 Å². The van der Waals surface area contributed by atoms with E-state index in [1.54, 1.807) is 0 Å². The zero-order chi connectivity index (χ0) is 20.8. The molecule has 1 aliphatic carbocycles. The number of hydrogen-bond donors (Lipinski definition) is 0. The molecule has 4 rings (SSSR count). The largest absolute Gasteiger partial charge is 0.488 e. The number of aldehydes is 1. The van der Waals surface area contributed by atoms with Gasteiger partial charge in [-0.3, -0.25) is 0 Å². The monoisotopic (exact) mass is 399 g/mol. The lowest BCUT2D eigenvalue weighted by Gasteiger charge is -2.42. The lowest BCUT2D eigenvalue weighted by Crippen LogP contribution is -2.51. The van der Waals surface area contributed by atoms with Crippen molar-refractivity contribution >= 4 is 6.29 Å². The number of ether oxygens (including phenoxy) is 1. The van der Waals surface area contributed by atoms with Gasteiger partial charge >= 0.3 is 0 Å². The highest BCUT2D eigenvalue weighted by molar-refractivity contribution is 5.68. The molecule has 2 aromatic rings. The van der Waals surface area contributed by atoms with Gasteiger partial charge in [-0.15, -0.1) is 0 Å². The van der Waals surface area contributed by atoms with E-state index in [0.29, 0.717) is 12.8 Å². The van der Waals surface area contributed by atoms with Crippen LogP contribution in [0.4, 0.5) is 0 Å². The van der Waals surface area contributed by atoms with Gasteiger partial charge in [-0.1, -0.05) is 67.2 Å². The highest BCUT2D eigenvalue weighted by atomic mass is 16.5. The predicted molar refractivity (Wildman–Crippen MR) is 121 cm³/mol. The molecule has 2 aliphatic rings. The molecule has 0 spiro atoms. The number of carbonyl (C=O) groups is 1. The number of hydrogen-bond acceptors (Lipinski definition) is 3. The molecular formula is C27H29NO2. The summed E-state index contributed by atoms with van der Waals surface area (Å²) < 4.78 is 6.29. The van der Waals surface area contributed by atoms with Gasteiger partial charge in [0.1, 0.15) is 17.6 Å². The molecule has 1 saturated carbocycles. The molecule has 0 amide bonds. The molecule has 1 heterocycles. The molecule has 1 fully saturated rings. The van der Waals surface area contributed by atoms with Gasteiger partial charge in [0.05, 0.1) is 11.8 Å². The molecule has 0 N–H and O–H groups in total. The molecule has 30 heavy (non-hydrogen) atoms. The van der Waals surface area contributed by atoms with Gasteiger partial charge in [0, 0.05) is 19.0 Å². The van der Waals surface area contributed by atoms with Crippen LogP contribution in [0.5, 0.6) is 0 Å². The highest BCUT2D eigenvalue weighted by Gasteiger charge is 2.39. The number of rotatable bonds is 8. The van der Waals surface area contributed by atoms with E-state index in [4.69, 9.17) is 4.74 Å². The molecule has 1 aliphatic heterocycles. The van der Waals surface area contributed by atoms with E-state index in [9.17, 15) is 4.79 Å². The Hall–Kier alpha value is -3.07. The quantitative estimate of drug-likeness (QED) is 0.542. The minimum atomic E-state index is -0.783. The zero-order valence-electron chi connectivity index (χ0n) is 17.4. The zero-order valence-corrected chi connectivity index (χ0v) is 17.4. The van der Waals surface area contributed by atoms with E-state index in [0.717, 1.165) is 41.7 Å². The van der Waals surface area contributed by atoms with Gasteiger partial charge in [-0.25, -0.2) is 0 Å². The summed E-state index contributed by atoms with van der Waals surface area (Å²) in [6, 6.07) is 20.4. The third-order valence-electron chi connectivity index (χ3n) is 6.06. The second-order valence-corrected chi connectivity index (χ2v) is 8.26. The van der Waals surface area contributed by atoms with Crippen LogP contribution in [0.2, 0.25) is 0 Å². The average molecular weight is 400 g/mol. The predicted octanol–water partition coefficient (Wildman–Crippen LogP) is 5.60. The smallest absolute Gasteiger partial charge is 0.146 e. The summed E-state index contributed by atoms with van der Waals surface area (Å²) in [6.45, 7) is 4.34. The average Bonchev–Trinajstić information content (AvgIpc) is 3.29. The Balaban J connectivity index is 1.65. The van der Waals surface area contributed by atoms with Gasteiger partial charge in [0.15, 0.2) is 0 Å². The normalized spacial score (nSPS) is 17.1. The number of carbonyl (C=O) groups excluding carboxylic acids is 1. The van der Waals surface area contributed by atoms with E-state index >= 15 is 0 Å². The molecule has 0 atom stereocenters.